The summed E-state index contributed by atoms with van der Waals surface area (Å²) < 4.78 is 0. The molecule has 0 bridgehead atoms. The van der Waals surface area contributed by atoms with Crippen molar-refractivity contribution in [2.24, 2.45) is 0 Å². The third-order valence-electron chi connectivity index (χ3n) is 5.12. The van der Waals surface area contributed by atoms with Gasteiger partial charge >= 0.3 is 6.03 Å². The van der Waals surface area contributed by atoms with E-state index in [1.807, 2.05) is 24.3 Å². The Kier molecular flexibility index (Phi) is 5.01. The van der Waals surface area contributed by atoms with Crippen molar-refractivity contribution in [3.63, 3.8) is 0 Å². The molecule has 1 aliphatic rings. The summed E-state index contributed by atoms with van der Waals surface area (Å²) >= 11 is 0. The lowest BCUT2D eigenvalue weighted by atomic mass is 9.96. The third kappa shape index (κ3) is 4.08. The van der Waals surface area contributed by atoms with Gasteiger partial charge in [-0.3, -0.25) is 10.3 Å². The van der Waals surface area contributed by atoms with Crippen molar-refractivity contribution in [2.45, 2.75) is 45.1 Å². The van der Waals surface area contributed by atoms with E-state index in [0.29, 0.717) is 5.82 Å². The Morgan fingerprint density at radius 3 is 2.78 bits per heavy atom. The highest BCUT2D eigenvalue weighted by Gasteiger charge is 2.17. The van der Waals surface area contributed by atoms with Crippen LogP contribution in [0.3, 0.4) is 0 Å². The van der Waals surface area contributed by atoms with Crippen LogP contribution in [0.15, 0.2) is 48.8 Å². The van der Waals surface area contributed by atoms with Crippen LogP contribution in [0.5, 0.6) is 0 Å². The van der Waals surface area contributed by atoms with Crippen molar-refractivity contribution in [2.75, 3.05) is 5.32 Å². The number of aromatic nitrogens is 2. The number of carbonyl (C=O) groups excluding carboxylic acids is 1. The van der Waals surface area contributed by atoms with Crippen LogP contribution in [0.2, 0.25) is 0 Å². The lowest BCUT2D eigenvalue weighted by molar-refractivity contribution is 0.244. The maximum atomic E-state index is 12.6. The van der Waals surface area contributed by atoms with Gasteiger partial charge in [0, 0.05) is 29.4 Å². The van der Waals surface area contributed by atoms with Crippen LogP contribution in [0, 0.1) is 6.92 Å². The Hall–Kier alpha value is -2.95. The summed E-state index contributed by atoms with van der Waals surface area (Å²) in [6, 6.07) is 12.2. The highest BCUT2D eigenvalue weighted by molar-refractivity contribution is 5.97. The predicted octanol–water partition coefficient (Wildman–Crippen LogP) is 5.06. The Bertz CT molecular complexity index is 963. The van der Waals surface area contributed by atoms with E-state index in [0.717, 1.165) is 40.4 Å². The zero-order chi connectivity index (χ0) is 18.6. The number of rotatable bonds is 3. The van der Waals surface area contributed by atoms with E-state index in [1.54, 1.807) is 12.4 Å². The molecule has 5 nitrogen and oxygen atoms in total. The van der Waals surface area contributed by atoms with E-state index >= 15 is 0 Å². The van der Waals surface area contributed by atoms with Gasteiger partial charge in [0.2, 0.25) is 0 Å². The molecule has 27 heavy (non-hydrogen) atoms. The largest absolute Gasteiger partial charge is 0.335 e. The number of hydrogen-bond acceptors (Lipinski definition) is 3. The summed E-state index contributed by atoms with van der Waals surface area (Å²) in [6.07, 6.45) is 9.24. The van der Waals surface area contributed by atoms with E-state index in [-0.39, 0.29) is 12.1 Å². The lowest BCUT2D eigenvalue weighted by Gasteiger charge is -2.23. The summed E-state index contributed by atoms with van der Waals surface area (Å²) in [5, 5.41) is 7.04. The second-order valence-electron chi connectivity index (χ2n) is 7.26. The van der Waals surface area contributed by atoms with Crippen molar-refractivity contribution >= 4 is 22.8 Å². The maximum Gasteiger partial charge on any atom is 0.320 e. The standard InChI is InChI=1S/C22H24N4O/c1-15-6-5-7-16(12-15)19-13-17-14-23-11-10-20(17)25-21(19)26-22(27)24-18-8-3-2-4-9-18/h5-7,10-14,18H,2-4,8-9H2,1H3,(H2,24,25,26,27). The van der Waals surface area contributed by atoms with Gasteiger partial charge in [-0.1, -0.05) is 49.1 Å². The highest BCUT2D eigenvalue weighted by Crippen LogP contribution is 2.30. The first-order valence-corrected chi connectivity index (χ1v) is 9.58. The van der Waals surface area contributed by atoms with E-state index in [2.05, 4.69) is 34.7 Å². The van der Waals surface area contributed by atoms with Crippen LogP contribution in [0.4, 0.5) is 10.6 Å². The molecule has 138 valence electrons. The van der Waals surface area contributed by atoms with Crippen LogP contribution in [-0.2, 0) is 0 Å². The summed E-state index contributed by atoms with van der Waals surface area (Å²) in [7, 11) is 0. The highest BCUT2D eigenvalue weighted by atomic mass is 16.2. The number of pyridine rings is 2. The number of aryl methyl sites for hydroxylation is 1. The lowest BCUT2D eigenvalue weighted by Crippen LogP contribution is -2.39. The van der Waals surface area contributed by atoms with Gasteiger partial charge in [-0.15, -0.1) is 0 Å². The van der Waals surface area contributed by atoms with E-state index in [9.17, 15) is 4.79 Å². The first-order chi connectivity index (χ1) is 13.2. The number of nitrogens with zero attached hydrogens (tertiary/aromatic N) is 2. The number of urea groups is 1. The van der Waals surface area contributed by atoms with Gasteiger partial charge in [-0.25, -0.2) is 9.78 Å². The second-order valence-corrected chi connectivity index (χ2v) is 7.26. The first kappa shape index (κ1) is 17.5. The minimum absolute atomic E-state index is 0.184. The fraction of sp³-hybridized carbons (Fsp3) is 0.318. The normalized spacial score (nSPS) is 14.9. The number of anilines is 1. The average Bonchev–Trinajstić information content (AvgIpc) is 2.68. The number of amides is 2. The number of benzene rings is 1. The molecule has 5 heteroatoms. The molecule has 3 aromatic rings. The summed E-state index contributed by atoms with van der Waals surface area (Å²) in [5.41, 5.74) is 3.91. The van der Waals surface area contributed by atoms with Crippen molar-refractivity contribution in [3.8, 4) is 11.1 Å². The maximum absolute atomic E-state index is 12.6. The molecule has 2 N–H and O–H groups in total. The van der Waals surface area contributed by atoms with Crippen molar-refractivity contribution in [1.29, 1.82) is 0 Å². The van der Waals surface area contributed by atoms with Crippen LogP contribution in [-0.4, -0.2) is 22.0 Å². The molecule has 1 aliphatic carbocycles. The number of carbonyl (C=O) groups is 1. The smallest absolute Gasteiger partial charge is 0.320 e. The molecule has 2 heterocycles. The van der Waals surface area contributed by atoms with Gasteiger partial charge in [-0.2, -0.15) is 0 Å². The van der Waals surface area contributed by atoms with Gasteiger partial charge in [0.15, 0.2) is 0 Å². The SMILES string of the molecule is Cc1cccc(-c2cc3cnccc3nc2NC(=O)NC2CCCCC2)c1. The topological polar surface area (TPSA) is 66.9 Å². The van der Waals surface area contributed by atoms with E-state index < -0.39 is 0 Å². The number of hydrogen-bond donors (Lipinski definition) is 2. The Labute approximate surface area is 159 Å². The molecule has 0 spiro atoms. The van der Waals surface area contributed by atoms with E-state index in [4.69, 9.17) is 4.98 Å². The quantitative estimate of drug-likeness (QED) is 0.686. The molecule has 1 aromatic carbocycles. The van der Waals surface area contributed by atoms with Gasteiger partial charge in [0.1, 0.15) is 5.82 Å². The van der Waals surface area contributed by atoms with Crippen LogP contribution in [0.25, 0.3) is 22.0 Å². The first-order valence-electron chi connectivity index (χ1n) is 9.58. The fourth-order valence-electron chi connectivity index (χ4n) is 3.72. The monoisotopic (exact) mass is 360 g/mol. The van der Waals surface area contributed by atoms with Gasteiger partial charge in [-0.05, 0) is 37.5 Å². The fourth-order valence-corrected chi connectivity index (χ4v) is 3.72. The molecule has 2 amide bonds. The average molecular weight is 360 g/mol. The minimum Gasteiger partial charge on any atom is -0.335 e. The Morgan fingerprint density at radius 2 is 1.96 bits per heavy atom. The number of fused-ring (bicyclic) bond motifs is 1. The minimum atomic E-state index is -0.184. The van der Waals surface area contributed by atoms with Crippen molar-refractivity contribution < 1.29 is 4.79 Å². The molecule has 0 unspecified atom stereocenters. The van der Waals surface area contributed by atoms with E-state index in [1.165, 1.54) is 19.3 Å². The molecule has 4 rings (SSSR count). The summed E-state index contributed by atoms with van der Waals surface area (Å²) in [4.78, 5) is 21.5. The number of nitrogens with one attached hydrogen (secondary N) is 2. The van der Waals surface area contributed by atoms with Crippen molar-refractivity contribution in [3.05, 3.63) is 54.4 Å². The molecule has 0 radical (unpaired) electrons. The van der Waals surface area contributed by atoms with Gasteiger partial charge in [0.05, 0.1) is 5.52 Å². The van der Waals surface area contributed by atoms with Gasteiger partial charge in [0.25, 0.3) is 0 Å². The molecule has 2 aromatic heterocycles. The Balaban J connectivity index is 1.67. The molecule has 1 saturated carbocycles. The molecule has 0 atom stereocenters. The van der Waals surface area contributed by atoms with Crippen LogP contribution >= 0.6 is 0 Å². The van der Waals surface area contributed by atoms with Crippen LogP contribution < -0.4 is 10.6 Å². The zero-order valence-corrected chi connectivity index (χ0v) is 15.5. The van der Waals surface area contributed by atoms with Gasteiger partial charge < -0.3 is 5.32 Å². The summed E-state index contributed by atoms with van der Waals surface area (Å²) in [6.45, 7) is 2.06. The molecular weight excluding hydrogens is 336 g/mol. The zero-order valence-electron chi connectivity index (χ0n) is 15.5. The molecule has 1 fully saturated rings. The van der Waals surface area contributed by atoms with Crippen LogP contribution in [0.1, 0.15) is 37.7 Å². The second kappa shape index (κ2) is 7.74. The van der Waals surface area contributed by atoms with Crippen molar-refractivity contribution in [1.82, 2.24) is 15.3 Å². The molecular formula is C22H24N4O. The molecule has 0 aliphatic heterocycles. The Morgan fingerprint density at radius 1 is 1.11 bits per heavy atom. The third-order valence-corrected chi connectivity index (χ3v) is 5.12. The molecule has 0 saturated heterocycles. The predicted molar refractivity (Wildman–Crippen MR) is 109 cm³/mol. The summed E-state index contributed by atoms with van der Waals surface area (Å²) in [5.74, 6) is 0.576.